The molecule has 2 nitrogen and oxygen atoms in total. The van der Waals surface area contributed by atoms with Crippen molar-refractivity contribution in [2.75, 3.05) is 25.0 Å². The van der Waals surface area contributed by atoms with E-state index in [0.717, 1.165) is 32.0 Å². The molecule has 0 saturated carbocycles. The molecule has 0 radical (unpaired) electrons. The van der Waals surface area contributed by atoms with E-state index in [4.69, 9.17) is 0 Å². The van der Waals surface area contributed by atoms with Crippen LogP contribution in [0.15, 0.2) is 18.2 Å². The molecule has 1 aliphatic heterocycles. The highest BCUT2D eigenvalue weighted by Crippen LogP contribution is 2.18. The van der Waals surface area contributed by atoms with Crippen LogP contribution in [0.3, 0.4) is 0 Å². The lowest BCUT2D eigenvalue weighted by molar-refractivity contribution is 0.389. The SMILES string of the molecule is Fc1cccc(NCC2CCNCC2)c1F. The second kappa shape index (κ2) is 5.25. The number of hydrogen-bond acceptors (Lipinski definition) is 2. The van der Waals surface area contributed by atoms with Gasteiger partial charge in [0.2, 0.25) is 0 Å². The van der Waals surface area contributed by atoms with Crippen LogP contribution in [-0.4, -0.2) is 19.6 Å². The minimum atomic E-state index is -0.796. The number of halogens is 2. The Bertz CT molecular complexity index is 349. The van der Waals surface area contributed by atoms with Crippen molar-refractivity contribution in [3.8, 4) is 0 Å². The molecule has 2 rings (SSSR count). The number of rotatable bonds is 3. The van der Waals surface area contributed by atoms with Gasteiger partial charge in [0.25, 0.3) is 0 Å². The summed E-state index contributed by atoms with van der Waals surface area (Å²) in [4.78, 5) is 0. The van der Waals surface area contributed by atoms with Crippen molar-refractivity contribution < 1.29 is 8.78 Å². The van der Waals surface area contributed by atoms with Gasteiger partial charge in [-0.05, 0) is 44.0 Å². The lowest BCUT2D eigenvalue weighted by atomic mass is 9.98. The average molecular weight is 226 g/mol. The summed E-state index contributed by atoms with van der Waals surface area (Å²) in [6, 6.07) is 4.22. The summed E-state index contributed by atoms with van der Waals surface area (Å²) in [5.41, 5.74) is 0.263. The van der Waals surface area contributed by atoms with Crippen molar-refractivity contribution in [3.63, 3.8) is 0 Å². The standard InChI is InChI=1S/C12H16F2N2/c13-10-2-1-3-11(12(10)14)16-8-9-4-6-15-7-5-9/h1-3,9,15-16H,4-8H2. The molecule has 88 valence electrons. The summed E-state index contributed by atoms with van der Waals surface area (Å²) in [5, 5.41) is 6.25. The first kappa shape index (κ1) is 11.3. The molecule has 0 unspecified atom stereocenters. The number of nitrogens with one attached hydrogen (secondary N) is 2. The fraction of sp³-hybridized carbons (Fsp3) is 0.500. The Morgan fingerprint density at radius 1 is 1.25 bits per heavy atom. The molecule has 0 bridgehead atoms. The van der Waals surface area contributed by atoms with Crippen LogP contribution in [0.25, 0.3) is 0 Å². The van der Waals surface area contributed by atoms with Gasteiger partial charge in [-0.3, -0.25) is 0 Å². The Morgan fingerprint density at radius 3 is 2.75 bits per heavy atom. The van der Waals surface area contributed by atoms with Gasteiger partial charge in [-0.2, -0.15) is 0 Å². The minimum absolute atomic E-state index is 0.263. The first-order chi connectivity index (χ1) is 7.77. The van der Waals surface area contributed by atoms with E-state index < -0.39 is 11.6 Å². The van der Waals surface area contributed by atoms with E-state index in [0.29, 0.717) is 12.5 Å². The Hall–Kier alpha value is -1.16. The van der Waals surface area contributed by atoms with Gasteiger partial charge in [-0.1, -0.05) is 6.07 Å². The van der Waals surface area contributed by atoms with Crippen LogP contribution >= 0.6 is 0 Å². The van der Waals surface area contributed by atoms with Gasteiger partial charge in [0.1, 0.15) is 0 Å². The first-order valence-corrected chi connectivity index (χ1v) is 5.66. The Balaban J connectivity index is 1.91. The smallest absolute Gasteiger partial charge is 0.181 e. The lowest BCUT2D eigenvalue weighted by Gasteiger charge is -2.23. The Labute approximate surface area is 94.0 Å². The molecule has 0 spiro atoms. The summed E-state index contributed by atoms with van der Waals surface area (Å²) in [5.74, 6) is -1.03. The van der Waals surface area contributed by atoms with Crippen LogP contribution < -0.4 is 10.6 Å². The molecule has 2 N–H and O–H groups in total. The Kier molecular flexibility index (Phi) is 3.72. The first-order valence-electron chi connectivity index (χ1n) is 5.66. The predicted octanol–water partition coefficient (Wildman–Crippen LogP) is 2.38. The second-order valence-electron chi connectivity index (χ2n) is 4.18. The lowest BCUT2D eigenvalue weighted by Crippen LogP contribution is -2.31. The fourth-order valence-electron chi connectivity index (χ4n) is 1.98. The van der Waals surface area contributed by atoms with Crippen molar-refractivity contribution in [3.05, 3.63) is 29.8 Å². The average Bonchev–Trinajstić information content (AvgIpc) is 2.32. The van der Waals surface area contributed by atoms with Gasteiger partial charge in [0.05, 0.1) is 5.69 Å². The highest BCUT2D eigenvalue weighted by molar-refractivity contribution is 5.44. The van der Waals surface area contributed by atoms with Gasteiger partial charge < -0.3 is 10.6 Å². The molecule has 1 aromatic rings. The molecule has 16 heavy (non-hydrogen) atoms. The molecule has 0 aliphatic carbocycles. The van der Waals surface area contributed by atoms with E-state index in [1.165, 1.54) is 6.07 Å². The normalized spacial score (nSPS) is 17.4. The van der Waals surface area contributed by atoms with Crippen molar-refractivity contribution in [2.45, 2.75) is 12.8 Å². The van der Waals surface area contributed by atoms with Gasteiger partial charge >= 0.3 is 0 Å². The number of benzene rings is 1. The molecule has 1 saturated heterocycles. The summed E-state index contributed by atoms with van der Waals surface area (Å²) in [7, 11) is 0. The van der Waals surface area contributed by atoms with Crippen molar-refractivity contribution in [2.24, 2.45) is 5.92 Å². The summed E-state index contributed by atoms with van der Waals surface area (Å²) < 4.78 is 26.2. The van der Waals surface area contributed by atoms with Crippen molar-refractivity contribution in [1.82, 2.24) is 5.32 Å². The quantitative estimate of drug-likeness (QED) is 0.826. The van der Waals surface area contributed by atoms with E-state index >= 15 is 0 Å². The molecule has 1 aliphatic rings. The third-order valence-corrected chi connectivity index (χ3v) is 2.99. The van der Waals surface area contributed by atoms with Gasteiger partial charge in [-0.25, -0.2) is 8.78 Å². The van der Waals surface area contributed by atoms with Gasteiger partial charge in [0, 0.05) is 6.54 Å². The molecular formula is C12H16F2N2. The highest BCUT2D eigenvalue weighted by Gasteiger charge is 2.14. The number of anilines is 1. The summed E-state index contributed by atoms with van der Waals surface area (Å²) in [6.45, 7) is 2.73. The highest BCUT2D eigenvalue weighted by atomic mass is 19.2. The van der Waals surface area contributed by atoms with E-state index in [1.807, 2.05) is 0 Å². The molecule has 0 atom stereocenters. The number of hydrogen-bond donors (Lipinski definition) is 2. The maximum absolute atomic E-state index is 13.3. The van der Waals surface area contributed by atoms with E-state index in [2.05, 4.69) is 10.6 Å². The minimum Gasteiger partial charge on any atom is -0.382 e. The molecule has 1 fully saturated rings. The van der Waals surface area contributed by atoms with Crippen LogP contribution in [0, 0.1) is 17.6 Å². The molecule has 1 heterocycles. The zero-order chi connectivity index (χ0) is 11.4. The van der Waals surface area contributed by atoms with Gasteiger partial charge in [0.15, 0.2) is 11.6 Å². The van der Waals surface area contributed by atoms with Crippen molar-refractivity contribution in [1.29, 1.82) is 0 Å². The zero-order valence-electron chi connectivity index (χ0n) is 9.10. The topological polar surface area (TPSA) is 24.1 Å². The molecular weight excluding hydrogens is 210 g/mol. The maximum Gasteiger partial charge on any atom is 0.181 e. The van der Waals surface area contributed by atoms with Crippen LogP contribution in [0.4, 0.5) is 14.5 Å². The zero-order valence-corrected chi connectivity index (χ0v) is 9.10. The Morgan fingerprint density at radius 2 is 2.00 bits per heavy atom. The largest absolute Gasteiger partial charge is 0.382 e. The van der Waals surface area contributed by atoms with Crippen molar-refractivity contribution >= 4 is 5.69 Å². The van der Waals surface area contributed by atoms with Crippen LogP contribution in [-0.2, 0) is 0 Å². The second-order valence-corrected chi connectivity index (χ2v) is 4.18. The van der Waals surface area contributed by atoms with Crippen LogP contribution in [0.2, 0.25) is 0 Å². The molecule has 1 aromatic carbocycles. The predicted molar refractivity (Wildman–Crippen MR) is 60.4 cm³/mol. The fourth-order valence-corrected chi connectivity index (χ4v) is 1.98. The van der Waals surface area contributed by atoms with Crippen LogP contribution in [0.5, 0.6) is 0 Å². The number of piperidine rings is 1. The monoisotopic (exact) mass is 226 g/mol. The third-order valence-electron chi connectivity index (χ3n) is 2.99. The van der Waals surface area contributed by atoms with Crippen LogP contribution in [0.1, 0.15) is 12.8 Å². The molecule has 0 aromatic heterocycles. The van der Waals surface area contributed by atoms with E-state index in [-0.39, 0.29) is 5.69 Å². The van der Waals surface area contributed by atoms with E-state index in [9.17, 15) is 8.78 Å². The molecule has 4 heteroatoms. The van der Waals surface area contributed by atoms with E-state index in [1.54, 1.807) is 6.07 Å². The van der Waals surface area contributed by atoms with Gasteiger partial charge in [-0.15, -0.1) is 0 Å². The summed E-state index contributed by atoms with van der Waals surface area (Å²) in [6.07, 6.45) is 2.17. The maximum atomic E-state index is 13.3. The summed E-state index contributed by atoms with van der Waals surface area (Å²) >= 11 is 0. The third kappa shape index (κ3) is 2.70. The molecule has 0 amide bonds.